The Morgan fingerprint density at radius 1 is 0.621 bits per heavy atom. The van der Waals surface area contributed by atoms with Gasteiger partial charge in [-0.25, -0.2) is 4.79 Å². The number of ether oxygens (including phenoxy) is 9. The minimum absolute atomic E-state index is 0.0592. The van der Waals surface area contributed by atoms with Crippen LogP contribution in [0.1, 0.15) is 28.4 Å². The third kappa shape index (κ3) is 14.7. The maximum absolute atomic E-state index is 12.6. The predicted molar refractivity (Wildman–Crippen MR) is 250 cm³/mol. The summed E-state index contributed by atoms with van der Waals surface area (Å²) in [6.45, 7) is 14.2. The third-order valence-corrected chi connectivity index (χ3v) is 10.7. The lowest BCUT2D eigenvalue weighted by Gasteiger charge is -2.29. The number of nitrogens with zero attached hydrogens (tertiary/aromatic N) is 6. The first-order chi connectivity index (χ1) is 32.2. The molecule has 3 aliphatic rings. The highest BCUT2D eigenvalue weighted by Gasteiger charge is 2.23. The average Bonchev–Trinajstić information content (AvgIpc) is 3.30. The van der Waals surface area contributed by atoms with Gasteiger partial charge in [-0.15, -0.1) is 0 Å². The molecule has 18 heteroatoms. The number of rotatable bonds is 10. The Morgan fingerprint density at radius 2 is 1.09 bits per heavy atom. The molecule has 0 aromatic heterocycles. The molecule has 1 fully saturated rings. The summed E-state index contributed by atoms with van der Waals surface area (Å²) in [5, 5.41) is 20.4. The molecule has 4 aromatic carbocycles. The minimum atomic E-state index is -0.821. The fourth-order valence-electron chi connectivity index (χ4n) is 7.34. The molecule has 4 aromatic rings. The van der Waals surface area contributed by atoms with Crippen LogP contribution in [0.4, 0.5) is 34.1 Å². The summed E-state index contributed by atoms with van der Waals surface area (Å²) in [6.07, 6.45) is 0. The van der Waals surface area contributed by atoms with E-state index in [1.807, 2.05) is 19.9 Å². The number of nitro groups is 1. The molecule has 356 valence electrons. The highest BCUT2D eigenvalue weighted by molar-refractivity contribution is 5.95. The highest BCUT2D eigenvalue weighted by atomic mass is 16.6. The van der Waals surface area contributed by atoms with Crippen molar-refractivity contribution in [3.05, 3.63) is 99.6 Å². The molecule has 3 aliphatic heterocycles. The van der Waals surface area contributed by atoms with Crippen molar-refractivity contribution in [1.82, 2.24) is 0 Å². The Hall–Kier alpha value is -6.05. The van der Waals surface area contributed by atoms with Crippen molar-refractivity contribution in [3.63, 3.8) is 0 Å². The smallest absolute Gasteiger partial charge is 0.345 e. The highest BCUT2D eigenvalue weighted by Crippen LogP contribution is 2.36. The van der Waals surface area contributed by atoms with Crippen LogP contribution in [-0.4, -0.2) is 143 Å². The Kier molecular flexibility index (Phi) is 19.6. The van der Waals surface area contributed by atoms with Gasteiger partial charge in [0.15, 0.2) is 0 Å². The fourth-order valence-corrected chi connectivity index (χ4v) is 7.34. The topological polar surface area (TPSA) is 178 Å². The lowest BCUT2D eigenvalue weighted by Crippen LogP contribution is -2.34. The van der Waals surface area contributed by atoms with Crippen molar-refractivity contribution in [2.45, 2.75) is 20.8 Å². The zero-order valence-corrected chi connectivity index (χ0v) is 38.4. The standard InChI is InChI=1S/C48H62N6O12/c1-5-63-48(55)40-34-38(8-12-41(40)54(56)57)49-50-39-9-13-44(47(35-39)66-31-26-58-4)53-18-24-64-45-32-36(2)6-10-42(45)51-14-20-59-27-29-61-22-16-52(17-23-62-30-28-60-21-15-51)43-11-7-37(3)33-46(43)65-25-19-53/h6-13,32-35H,5,14-31H2,1-4H3/b50-49+. The van der Waals surface area contributed by atoms with E-state index < -0.39 is 10.9 Å². The summed E-state index contributed by atoms with van der Waals surface area (Å²) in [7, 11) is 1.60. The first kappa shape index (κ1) is 49.4. The molecule has 0 radical (unpaired) electrons. The normalized spacial score (nSPS) is 16.4. The number of azo groups is 1. The number of hydrogen-bond acceptors (Lipinski definition) is 17. The summed E-state index contributed by atoms with van der Waals surface area (Å²) in [6, 6.07) is 21.8. The second-order valence-electron chi connectivity index (χ2n) is 15.4. The zero-order chi connectivity index (χ0) is 46.5. The molecule has 18 nitrogen and oxygen atoms in total. The number of hydrogen-bond donors (Lipinski definition) is 0. The van der Waals surface area contributed by atoms with Gasteiger partial charge in [0.25, 0.3) is 5.69 Å². The van der Waals surface area contributed by atoms with E-state index >= 15 is 0 Å². The van der Waals surface area contributed by atoms with Gasteiger partial charge in [-0.1, -0.05) is 12.1 Å². The van der Waals surface area contributed by atoms with E-state index in [4.69, 9.17) is 42.6 Å². The molecule has 1 saturated heterocycles. The van der Waals surface area contributed by atoms with Crippen LogP contribution in [0, 0.1) is 24.0 Å². The molecule has 2 bridgehead atoms. The van der Waals surface area contributed by atoms with Crippen LogP contribution in [0.25, 0.3) is 0 Å². The molecule has 0 atom stereocenters. The van der Waals surface area contributed by atoms with Crippen molar-refractivity contribution < 1.29 is 52.3 Å². The van der Waals surface area contributed by atoms with Crippen molar-refractivity contribution >= 4 is 40.1 Å². The Morgan fingerprint density at radius 3 is 1.59 bits per heavy atom. The summed E-state index contributed by atoms with van der Waals surface area (Å²) in [5.41, 5.74) is 4.82. The molecule has 0 amide bonds. The second-order valence-corrected chi connectivity index (χ2v) is 15.4. The fraction of sp³-hybridized carbons (Fsp3) is 0.479. The van der Waals surface area contributed by atoms with Crippen LogP contribution < -0.4 is 28.9 Å². The molecular weight excluding hydrogens is 853 g/mol. The predicted octanol–water partition coefficient (Wildman–Crippen LogP) is 7.50. The molecule has 0 N–H and O–H groups in total. The molecule has 0 saturated carbocycles. The Bertz CT molecular complexity index is 2110. The van der Waals surface area contributed by atoms with Crippen LogP contribution in [0.2, 0.25) is 0 Å². The number of carbonyl (C=O) groups is 1. The second kappa shape index (κ2) is 26.2. The number of aryl methyl sites for hydroxylation is 2. The van der Waals surface area contributed by atoms with Gasteiger partial charge in [-0.2, -0.15) is 10.2 Å². The first-order valence-electron chi connectivity index (χ1n) is 22.4. The van der Waals surface area contributed by atoms with E-state index in [2.05, 4.69) is 61.3 Å². The lowest BCUT2D eigenvalue weighted by molar-refractivity contribution is -0.385. The zero-order valence-electron chi connectivity index (χ0n) is 38.4. The van der Waals surface area contributed by atoms with Gasteiger partial charge < -0.3 is 57.3 Å². The molecule has 0 spiro atoms. The summed E-state index contributed by atoms with van der Waals surface area (Å²) in [5.74, 6) is 1.17. The van der Waals surface area contributed by atoms with Gasteiger partial charge in [-0.3, -0.25) is 10.1 Å². The SMILES string of the molecule is CCOC(=O)c1cc(/N=N/c2ccc(N3CCOc4cc(C)ccc4N4CCOCCOCCN(CCOCCOCC4)c4ccc(C)cc4OCC3)c(OCCOC)c2)ccc1[N+](=O)[O-]. The molecule has 0 aliphatic carbocycles. The number of nitro benzene ring substituents is 1. The molecular formula is C48H62N6O12. The van der Waals surface area contributed by atoms with Crippen molar-refractivity contribution in [3.8, 4) is 17.2 Å². The number of esters is 1. The summed E-state index contributed by atoms with van der Waals surface area (Å²) < 4.78 is 54.4. The van der Waals surface area contributed by atoms with E-state index in [0.717, 1.165) is 39.7 Å². The van der Waals surface area contributed by atoms with Crippen LogP contribution in [0.15, 0.2) is 83.0 Å². The number of anilines is 3. The van der Waals surface area contributed by atoms with Gasteiger partial charge >= 0.3 is 5.97 Å². The maximum Gasteiger partial charge on any atom is 0.345 e. The Labute approximate surface area is 386 Å². The van der Waals surface area contributed by atoms with E-state index in [1.54, 1.807) is 26.2 Å². The van der Waals surface area contributed by atoms with Crippen molar-refractivity contribution in [2.24, 2.45) is 10.2 Å². The van der Waals surface area contributed by atoms with E-state index in [-0.39, 0.29) is 30.2 Å². The molecule has 7 rings (SSSR count). The van der Waals surface area contributed by atoms with Gasteiger partial charge in [0.1, 0.15) is 42.6 Å². The largest absolute Gasteiger partial charge is 0.490 e. The van der Waals surface area contributed by atoms with Crippen molar-refractivity contribution in [2.75, 3.05) is 147 Å². The van der Waals surface area contributed by atoms with Gasteiger partial charge in [0, 0.05) is 45.4 Å². The van der Waals surface area contributed by atoms with Crippen LogP contribution in [-0.2, 0) is 28.4 Å². The van der Waals surface area contributed by atoms with E-state index in [9.17, 15) is 14.9 Å². The number of carbonyl (C=O) groups excluding carboxylic acids is 1. The van der Waals surface area contributed by atoms with Crippen LogP contribution in [0.5, 0.6) is 17.2 Å². The van der Waals surface area contributed by atoms with Crippen LogP contribution in [0.3, 0.4) is 0 Å². The van der Waals surface area contributed by atoms with Crippen molar-refractivity contribution in [1.29, 1.82) is 0 Å². The van der Waals surface area contributed by atoms with Crippen LogP contribution >= 0.6 is 0 Å². The maximum atomic E-state index is 12.6. The number of fused-ring (bicyclic) bond motifs is 20. The third-order valence-electron chi connectivity index (χ3n) is 10.7. The first-order valence-corrected chi connectivity index (χ1v) is 22.4. The van der Waals surface area contributed by atoms with Gasteiger partial charge in [-0.05, 0) is 80.4 Å². The molecule has 0 unspecified atom stereocenters. The summed E-state index contributed by atoms with van der Waals surface area (Å²) in [4.78, 5) is 30.2. The lowest BCUT2D eigenvalue weighted by atomic mass is 10.1. The van der Waals surface area contributed by atoms with E-state index in [1.165, 1.54) is 18.2 Å². The van der Waals surface area contributed by atoms with E-state index in [0.29, 0.717) is 123 Å². The molecule has 66 heavy (non-hydrogen) atoms. The number of methoxy groups -OCH3 is 1. The summed E-state index contributed by atoms with van der Waals surface area (Å²) >= 11 is 0. The van der Waals surface area contributed by atoms with Gasteiger partial charge in [0.05, 0.1) is 113 Å². The monoisotopic (exact) mass is 914 g/mol. The average molecular weight is 915 g/mol. The number of benzene rings is 4. The molecule has 3 heterocycles. The van der Waals surface area contributed by atoms with Gasteiger partial charge in [0.2, 0.25) is 0 Å². The Balaban J connectivity index is 1.36. The quantitative estimate of drug-likeness (QED) is 0.0381. The minimum Gasteiger partial charge on any atom is -0.490 e.